The van der Waals surface area contributed by atoms with E-state index in [1.807, 2.05) is 6.07 Å². The summed E-state index contributed by atoms with van der Waals surface area (Å²) in [7, 11) is 0. The Labute approximate surface area is 358 Å². The summed E-state index contributed by atoms with van der Waals surface area (Å²) in [5.41, 5.74) is 1.42. The Bertz CT molecular complexity index is 1870. The zero-order valence-corrected chi connectivity index (χ0v) is 36.5. The Morgan fingerprint density at radius 1 is 0.738 bits per heavy atom. The summed E-state index contributed by atoms with van der Waals surface area (Å²) < 4.78 is 5.87. The predicted octanol–water partition coefficient (Wildman–Crippen LogP) is 1.69. The summed E-state index contributed by atoms with van der Waals surface area (Å²) in [5.74, 6) is -6.75. The molecule has 2 aliphatic heterocycles. The van der Waals surface area contributed by atoms with E-state index in [1.165, 1.54) is 11.8 Å². The molecular formula is C45H63N7O9. The third-order valence-electron chi connectivity index (χ3n) is 11.1. The van der Waals surface area contributed by atoms with Crippen LogP contribution in [0, 0.1) is 17.8 Å². The first-order valence-electron chi connectivity index (χ1n) is 21.3. The highest BCUT2D eigenvalue weighted by Crippen LogP contribution is 2.21. The predicted molar refractivity (Wildman–Crippen MR) is 227 cm³/mol. The van der Waals surface area contributed by atoms with Crippen LogP contribution < -0.4 is 31.9 Å². The van der Waals surface area contributed by atoms with Gasteiger partial charge in [-0.25, -0.2) is 4.79 Å². The third kappa shape index (κ3) is 13.1. The molecule has 2 saturated heterocycles. The molecule has 2 fully saturated rings. The van der Waals surface area contributed by atoms with Gasteiger partial charge in [0.1, 0.15) is 48.4 Å². The number of benzene rings is 2. The van der Waals surface area contributed by atoms with E-state index in [4.69, 9.17) is 4.74 Å². The van der Waals surface area contributed by atoms with Crippen molar-refractivity contribution in [2.24, 2.45) is 17.8 Å². The summed E-state index contributed by atoms with van der Waals surface area (Å²) in [6.45, 7) is 13.6. The first-order valence-corrected chi connectivity index (χ1v) is 21.3. The van der Waals surface area contributed by atoms with Crippen LogP contribution in [0.25, 0.3) is 0 Å². The third-order valence-corrected chi connectivity index (χ3v) is 11.1. The lowest BCUT2D eigenvalue weighted by Gasteiger charge is -2.32. The summed E-state index contributed by atoms with van der Waals surface area (Å²) in [6, 6.07) is 9.56. The van der Waals surface area contributed by atoms with Crippen molar-refractivity contribution in [2.45, 2.75) is 136 Å². The fourth-order valence-corrected chi connectivity index (χ4v) is 7.47. The van der Waals surface area contributed by atoms with Crippen LogP contribution in [-0.2, 0) is 55.9 Å². The van der Waals surface area contributed by atoms with E-state index in [1.54, 1.807) is 103 Å². The van der Waals surface area contributed by atoms with Crippen LogP contribution in [0.3, 0.4) is 0 Å². The van der Waals surface area contributed by atoms with Gasteiger partial charge in [0.05, 0.1) is 6.42 Å². The van der Waals surface area contributed by atoms with Crippen molar-refractivity contribution >= 4 is 47.3 Å². The minimum absolute atomic E-state index is 0.00291. The molecule has 2 aromatic rings. The quantitative estimate of drug-likeness (QED) is 0.181. The number of nitrogens with one attached hydrogen (secondary N) is 6. The van der Waals surface area contributed by atoms with E-state index >= 15 is 0 Å². The lowest BCUT2D eigenvalue weighted by Crippen LogP contribution is -2.62. The molecule has 0 spiro atoms. The van der Waals surface area contributed by atoms with E-state index in [9.17, 15) is 38.4 Å². The second-order valence-corrected chi connectivity index (χ2v) is 17.0. The molecule has 0 radical (unpaired) electrons. The van der Waals surface area contributed by atoms with Gasteiger partial charge >= 0.3 is 5.97 Å². The Morgan fingerprint density at radius 3 is 1.89 bits per heavy atom. The number of carbonyl (C=O) groups excluding carboxylic acids is 8. The average Bonchev–Trinajstić information content (AvgIpc) is 3.71. The molecule has 7 amide bonds. The summed E-state index contributed by atoms with van der Waals surface area (Å²) >= 11 is 0. The van der Waals surface area contributed by atoms with Gasteiger partial charge in [-0.2, -0.15) is 0 Å². The summed E-state index contributed by atoms with van der Waals surface area (Å²) in [6.07, 6.45) is -0.459. The first-order chi connectivity index (χ1) is 28.9. The van der Waals surface area contributed by atoms with Crippen molar-refractivity contribution in [3.8, 4) is 0 Å². The van der Waals surface area contributed by atoms with Gasteiger partial charge in [0.15, 0.2) is 0 Å². The lowest BCUT2D eigenvalue weighted by atomic mass is 10.0. The van der Waals surface area contributed by atoms with Crippen LogP contribution in [0.15, 0.2) is 60.7 Å². The molecule has 8 atom stereocenters. The van der Waals surface area contributed by atoms with Gasteiger partial charge in [0.2, 0.25) is 41.4 Å². The number of fused-ring (bicyclic) bond motifs is 1. The molecule has 16 nitrogen and oxygen atoms in total. The van der Waals surface area contributed by atoms with E-state index in [-0.39, 0.29) is 25.8 Å². The highest BCUT2D eigenvalue weighted by atomic mass is 16.5. The smallest absolute Gasteiger partial charge is 0.329 e. The van der Waals surface area contributed by atoms with Gasteiger partial charge in [-0.1, -0.05) is 109 Å². The topological polar surface area (TPSA) is 221 Å². The minimum Gasteiger partial charge on any atom is -0.458 e. The van der Waals surface area contributed by atoms with Crippen LogP contribution in [0.1, 0.15) is 85.8 Å². The van der Waals surface area contributed by atoms with Gasteiger partial charge in [0.25, 0.3) is 0 Å². The second kappa shape index (κ2) is 22.2. The molecule has 16 heteroatoms. The van der Waals surface area contributed by atoms with E-state index in [0.29, 0.717) is 18.4 Å². The van der Waals surface area contributed by atoms with Crippen LogP contribution in [0.5, 0.6) is 0 Å². The molecule has 2 aliphatic rings. The number of cyclic esters (lactones) is 1. The Morgan fingerprint density at radius 2 is 1.31 bits per heavy atom. The zero-order chi connectivity index (χ0) is 45.0. The maximum atomic E-state index is 14.6. The molecule has 0 aliphatic carbocycles. The normalized spacial score (nSPS) is 25.2. The maximum Gasteiger partial charge on any atom is 0.329 e. The standard InChI is InChI=1S/C45H63N7O9/c1-9-31-39(54)50-37(27(6)7)45(60)61-28(8)38(51-42(57)35(25(2)3)48-34(53)24-30-19-14-11-15-20-30)43(58)47-32(23-29-17-12-10-13-18-29)44(59)52-22-16-21-33(52)40(55)49-36(26(4)5)41(56)46-31/h10-15,17-20,25-28,31-33,35-38H,9,16,21-24H2,1-8H3,(H,46,56)(H,47,58)(H,48,53)(H,49,55)(H,50,54)(H,51,57)/t28-,31+,32-,33+,35+,36+,37+,38+/m1/s1. The van der Waals surface area contributed by atoms with Crippen LogP contribution >= 0.6 is 0 Å². The fourth-order valence-electron chi connectivity index (χ4n) is 7.47. The average molecular weight is 846 g/mol. The molecule has 61 heavy (non-hydrogen) atoms. The highest BCUT2D eigenvalue weighted by molar-refractivity contribution is 5.98. The van der Waals surface area contributed by atoms with E-state index in [0.717, 1.165) is 5.56 Å². The van der Waals surface area contributed by atoms with Crippen molar-refractivity contribution in [1.82, 2.24) is 36.8 Å². The van der Waals surface area contributed by atoms with Crippen molar-refractivity contribution in [2.75, 3.05) is 6.54 Å². The van der Waals surface area contributed by atoms with E-state index < -0.39 is 113 Å². The summed E-state index contributed by atoms with van der Waals surface area (Å²) in [4.78, 5) is 113. The SMILES string of the molecule is CC[C@@H]1NC(=O)[C@H](C(C)C)NC(=O)[C@@H]2CCCN2C(=O)[C@@H](Cc2ccccc2)NC(=O)[C@@H](NC(=O)[C@@H](NC(=O)Cc2ccccc2)C(C)C)[C@@H](C)OC(=O)[C@H](C(C)C)NC1=O. The van der Waals surface area contributed by atoms with Gasteiger partial charge < -0.3 is 41.5 Å². The molecule has 332 valence electrons. The number of hydrogen-bond donors (Lipinski definition) is 6. The number of ether oxygens (including phenoxy) is 1. The zero-order valence-electron chi connectivity index (χ0n) is 36.5. The number of esters is 1. The number of rotatable bonds is 11. The molecule has 6 N–H and O–H groups in total. The van der Waals surface area contributed by atoms with Crippen molar-refractivity contribution in [3.63, 3.8) is 0 Å². The number of amides is 7. The number of nitrogens with zero attached hydrogens (tertiary/aromatic N) is 1. The molecule has 4 rings (SSSR count). The van der Waals surface area contributed by atoms with Crippen molar-refractivity contribution in [3.05, 3.63) is 71.8 Å². The van der Waals surface area contributed by atoms with Crippen LogP contribution in [-0.4, -0.2) is 107 Å². The molecular weight excluding hydrogens is 783 g/mol. The van der Waals surface area contributed by atoms with Gasteiger partial charge in [-0.05, 0) is 55.1 Å². The molecule has 2 heterocycles. The Balaban J connectivity index is 1.76. The number of carbonyl (C=O) groups is 8. The van der Waals surface area contributed by atoms with Crippen LogP contribution in [0.2, 0.25) is 0 Å². The van der Waals surface area contributed by atoms with Gasteiger partial charge in [-0.15, -0.1) is 0 Å². The number of hydrogen-bond acceptors (Lipinski definition) is 9. The highest BCUT2D eigenvalue weighted by Gasteiger charge is 2.42. The van der Waals surface area contributed by atoms with Gasteiger partial charge in [0, 0.05) is 13.0 Å². The molecule has 0 bridgehead atoms. The monoisotopic (exact) mass is 845 g/mol. The Kier molecular flexibility index (Phi) is 17.4. The summed E-state index contributed by atoms with van der Waals surface area (Å²) in [5, 5.41) is 16.5. The maximum absolute atomic E-state index is 14.6. The van der Waals surface area contributed by atoms with E-state index in [2.05, 4.69) is 31.9 Å². The Hall–Kier alpha value is -5.80. The van der Waals surface area contributed by atoms with Crippen LogP contribution in [0.4, 0.5) is 0 Å². The second-order valence-electron chi connectivity index (χ2n) is 17.0. The molecule has 2 aromatic carbocycles. The minimum atomic E-state index is -1.60. The lowest BCUT2D eigenvalue weighted by molar-refractivity contribution is -0.157. The van der Waals surface area contributed by atoms with Crippen molar-refractivity contribution in [1.29, 1.82) is 0 Å². The molecule has 0 aromatic heterocycles. The molecule has 0 unspecified atom stereocenters. The fraction of sp³-hybridized carbons (Fsp3) is 0.556. The molecule has 0 saturated carbocycles. The van der Waals surface area contributed by atoms with Crippen molar-refractivity contribution < 1.29 is 43.1 Å². The van der Waals surface area contributed by atoms with Gasteiger partial charge in [-0.3, -0.25) is 33.6 Å². The first kappa shape index (κ1) is 47.9. The largest absolute Gasteiger partial charge is 0.458 e.